The van der Waals surface area contributed by atoms with E-state index in [4.69, 9.17) is 5.73 Å². The third-order valence-electron chi connectivity index (χ3n) is 4.42. The molecular formula is C16H24N2O. The number of nitrogens with two attached hydrogens (primary N) is 1. The van der Waals surface area contributed by atoms with Crippen LogP contribution in [0.3, 0.4) is 0 Å². The zero-order chi connectivity index (χ0) is 14.0. The Bertz CT molecular complexity index is 450. The molecule has 1 aromatic rings. The Kier molecular flexibility index (Phi) is 3.83. The lowest BCUT2D eigenvalue weighted by molar-refractivity contribution is -0.127. The average molecular weight is 260 g/mol. The van der Waals surface area contributed by atoms with E-state index in [1.165, 1.54) is 6.42 Å². The highest BCUT2D eigenvalue weighted by molar-refractivity contribution is 5.95. The first-order chi connectivity index (χ1) is 8.92. The molecule has 1 aromatic carbocycles. The van der Waals surface area contributed by atoms with E-state index in [0.29, 0.717) is 0 Å². The lowest BCUT2D eigenvalue weighted by Gasteiger charge is -2.39. The molecule has 3 nitrogen and oxygen atoms in total. The molecule has 2 N–H and O–H groups in total. The normalized spacial score (nSPS) is 21.9. The molecular weight excluding hydrogens is 236 g/mol. The number of amides is 1. The average Bonchev–Trinajstić information content (AvgIpc) is 2.37. The standard InChI is InChI=1S/C16H24N2O/c1-16(2)11-5-4-6-14(16)15(19)18(3)13-9-7-12(17)8-10-13/h7-10,14H,4-6,11,17H2,1-3H3. The first-order valence-corrected chi connectivity index (χ1v) is 7.05. The molecule has 1 amide bonds. The minimum Gasteiger partial charge on any atom is -0.399 e. The molecule has 0 aromatic heterocycles. The van der Waals surface area contributed by atoms with Crippen LogP contribution in [0.5, 0.6) is 0 Å². The Labute approximate surface area is 115 Å². The molecule has 1 fully saturated rings. The van der Waals surface area contributed by atoms with Crippen LogP contribution in [-0.2, 0) is 4.79 Å². The number of nitrogen functional groups attached to an aromatic ring is 1. The van der Waals surface area contributed by atoms with Crippen molar-refractivity contribution in [1.29, 1.82) is 0 Å². The van der Waals surface area contributed by atoms with E-state index in [1.54, 1.807) is 4.90 Å². The van der Waals surface area contributed by atoms with E-state index in [1.807, 2.05) is 31.3 Å². The third kappa shape index (κ3) is 2.91. The molecule has 2 rings (SSSR count). The summed E-state index contributed by atoms with van der Waals surface area (Å²) in [5.41, 5.74) is 7.44. The Morgan fingerprint density at radius 1 is 1.26 bits per heavy atom. The van der Waals surface area contributed by atoms with Gasteiger partial charge in [-0.2, -0.15) is 0 Å². The maximum atomic E-state index is 12.7. The quantitative estimate of drug-likeness (QED) is 0.828. The second kappa shape index (κ2) is 5.24. The van der Waals surface area contributed by atoms with Crippen LogP contribution in [-0.4, -0.2) is 13.0 Å². The van der Waals surface area contributed by atoms with Gasteiger partial charge in [-0.1, -0.05) is 26.7 Å². The fourth-order valence-electron chi connectivity index (χ4n) is 3.01. The number of carbonyl (C=O) groups excluding carboxylic acids is 1. The van der Waals surface area contributed by atoms with Crippen LogP contribution in [0.4, 0.5) is 11.4 Å². The predicted molar refractivity (Wildman–Crippen MR) is 80.0 cm³/mol. The largest absolute Gasteiger partial charge is 0.399 e. The van der Waals surface area contributed by atoms with Crippen LogP contribution in [0.15, 0.2) is 24.3 Å². The van der Waals surface area contributed by atoms with Crippen molar-refractivity contribution in [2.45, 2.75) is 39.5 Å². The van der Waals surface area contributed by atoms with Gasteiger partial charge in [-0.05, 0) is 42.5 Å². The molecule has 0 radical (unpaired) electrons. The molecule has 0 aliphatic heterocycles. The second-order valence-electron chi connectivity index (χ2n) is 6.28. The molecule has 0 bridgehead atoms. The van der Waals surface area contributed by atoms with Crippen LogP contribution < -0.4 is 10.6 Å². The van der Waals surface area contributed by atoms with Crippen LogP contribution in [0.1, 0.15) is 39.5 Å². The third-order valence-corrected chi connectivity index (χ3v) is 4.42. The number of nitrogens with zero attached hydrogens (tertiary/aromatic N) is 1. The van der Waals surface area contributed by atoms with Crippen LogP contribution in [0, 0.1) is 11.3 Å². The molecule has 3 heteroatoms. The van der Waals surface area contributed by atoms with Gasteiger partial charge in [0.15, 0.2) is 0 Å². The predicted octanol–water partition coefficient (Wildman–Crippen LogP) is 3.45. The molecule has 0 spiro atoms. The monoisotopic (exact) mass is 260 g/mol. The van der Waals surface area contributed by atoms with Gasteiger partial charge in [-0.15, -0.1) is 0 Å². The summed E-state index contributed by atoms with van der Waals surface area (Å²) in [7, 11) is 1.86. The summed E-state index contributed by atoms with van der Waals surface area (Å²) >= 11 is 0. The van der Waals surface area contributed by atoms with Gasteiger partial charge in [-0.3, -0.25) is 4.79 Å². The SMILES string of the molecule is CN(C(=O)C1CCCCC1(C)C)c1ccc(N)cc1. The number of benzene rings is 1. The van der Waals surface area contributed by atoms with Gasteiger partial charge in [-0.25, -0.2) is 0 Å². The molecule has 104 valence electrons. The van der Waals surface area contributed by atoms with Gasteiger partial charge >= 0.3 is 0 Å². The van der Waals surface area contributed by atoms with Gasteiger partial charge in [0.05, 0.1) is 0 Å². The smallest absolute Gasteiger partial charge is 0.230 e. The van der Waals surface area contributed by atoms with Crippen molar-refractivity contribution in [2.24, 2.45) is 11.3 Å². The summed E-state index contributed by atoms with van der Waals surface area (Å²) < 4.78 is 0. The highest BCUT2D eigenvalue weighted by Crippen LogP contribution is 2.41. The van der Waals surface area contributed by atoms with Crippen molar-refractivity contribution in [1.82, 2.24) is 0 Å². The van der Waals surface area contributed by atoms with Crippen molar-refractivity contribution in [3.05, 3.63) is 24.3 Å². The first kappa shape index (κ1) is 13.9. The Hall–Kier alpha value is -1.51. The number of rotatable bonds is 2. The van der Waals surface area contributed by atoms with Crippen molar-refractivity contribution >= 4 is 17.3 Å². The minimum absolute atomic E-state index is 0.109. The summed E-state index contributed by atoms with van der Waals surface area (Å²) in [4.78, 5) is 14.5. The maximum absolute atomic E-state index is 12.7. The van der Waals surface area contributed by atoms with Crippen molar-refractivity contribution in [3.8, 4) is 0 Å². The fraction of sp³-hybridized carbons (Fsp3) is 0.562. The van der Waals surface area contributed by atoms with E-state index in [0.717, 1.165) is 30.6 Å². The molecule has 1 saturated carbocycles. The lowest BCUT2D eigenvalue weighted by Crippen LogP contribution is -2.42. The zero-order valence-corrected chi connectivity index (χ0v) is 12.1. The van der Waals surface area contributed by atoms with E-state index in [-0.39, 0.29) is 17.2 Å². The summed E-state index contributed by atoms with van der Waals surface area (Å²) in [5, 5.41) is 0. The van der Waals surface area contributed by atoms with Crippen molar-refractivity contribution in [2.75, 3.05) is 17.7 Å². The molecule has 1 aliphatic rings. The van der Waals surface area contributed by atoms with E-state index < -0.39 is 0 Å². The Morgan fingerprint density at radius 2 is 1.89 bits per heavy atom. The molecule has 0 heterocycles. The molecule has 19 heavy (non-hydrogen) atoms. The Balaban J connectivity index is 2.16. The summed E-state index contributed by atoms with van der Waals surface area (Å²) in [6.45, 7) is 4.43. The topological polar surface area (TPSA) is 46.3 Å². The van der Waals surface area contributed by atoms with Gasteiger partial charge in [0.25, 0.3) is 0 Å². The summed E-state index contributed by atoms with van der Waals surface area (Å²) in [6.07, 6.45) is 4.54. The second-order valence-corrected chi connectivity index (χ2v) is 6.28. The maximum Gasteiger partial charge on any atom is 0.230 e. The van der Waals surface area contributed by atoms with Gasteiger partial charge in [0.1, 0.15) is 0 Å². The molecule has 0 saturated heterocycles. The Morgan fingerprint density at radius 3 is 2.47 bits per heavy atom. The van der Waals surface area contributed by atoms with Gasteiger partial charge in [0, 0.05) is 24.3 Å². The van der Waals surface area contributed by atoms with Gasteiger partial charge in [0.2, 0.25) is 5.91 Å². The van der Waals surface area contributed by atoms with Crippen LogP contribution >= 0.6 is 0 Å². The summed E-state index contributed by atoms with van der Waals surface area (Å²) in [6, 6.07) is 7.49. The first-order valence-electron chi connectivity index (χ1n) is 7.05. The van der Waals surface area contributed by atoms with Crippen LogP contribution in [0.2, 0.25) is 0 Å². The van der Waals surface area contributed by atoms with Crippen molar-refractivity contribution < 1.29 is 4.79 Å². The van der Waals surface area contributed by atoms with Gasteiger partial charge < -0.3 is 10.6 Å². The highest BCUT2D eigenvalue weighted by atomic mass is 16.2. The van der Waals surface area contributed by atoms with Crippen LogP contribution in [0.25, 0.3) is 0 Å². The molecule has 1 atom stereocenters. The van der Waals surface area contributed by atoms with Crippen molar-refractivity contribution in [3.63, 3.8) is 0 Å². The zero-order valence-electron chi connectivity index (χ0n) is 12.1. The molecule has 1 unspecified atom stereocenters. The number of carbonyl (C=O) groups is 1. The fourth-order valence-corrected chi connectivity index (χ4v) is 3.01. The van der Waals surface area contributed by atoms with E-state index in [2.05, 4.69) is 13.8 Å². The minimum atomic E-state index is 0.109. The number of anilines is 2. The number of hydrogen-bond acceptors (Lipinski definition) is 2. The highest BCUT2D eigenvalue weighted by Gasteiger charge is 2.38. The number of hydrogen-bond donors (Lipinski definition) is 1. The molecule has 1 aliphatic carbocycles. The summed E-state index contributed by atoms with van der Waals surface area (Å²) in [5.74, 6) is 0.360. The lowest BCUT2D eigenvalue weighted by atomic mass is 9.68. The van der Waals surface area contributed by atoms with E-state index in [9.17, 15) is 4.79 Å². The van der Waals surface area contributed by atoms with E-state index >= 15 is 0 Å².